The molecule has 0 aliphatic carbocycles. The van der Waals surface area contributed by atoms with Crippen LogP contribution in [-0.4, -0.2) is 11.8 Å². The SMILES string of the molecule is C#CCC(N)C(=O)c1cccc(Cl)c1. The van der Waals surface area contributed by atoms with Gasteiger partial charge >= 0.3 is 0 Å². The van der Waals surface area contributed by atoms with Crippen molar-refractivity contribution in [3.8, 4) is 12.3 Å². The molecule has 0 aliphatic heterocycles. The molecule has 1 aromatic carbocycles. The second-order valence-corrected chi connectivity index (χ2v) is 3.33. The summed E-state index contributed by atoms with van der Waals surface area (Å²) in [6.07, 6.45) is 5.31. The molecule has 0 aliphatic rings. The number of carbonyl (C=O) groups is 1. The summed E-state index contributed by atoms with van der Waals surface area (Å²) in [5.74, 6) is 2.18. The van der Waals surface area contributed by atoms with E-state index in [1.54, 1.807) is 24.3 Å². The molecule has 0 heterocycles. The molecule has 0 bridgehead atoms. The number of benzene rings is 1. The number of terminal acetylenes is 1. The van der Waals surface area contributed by atoms with E-state index < -0.39 is 6.04 Å². The molecular weight excluding hydrogens is 198 g/mol. The van der Waals surface area contributed by atoms with Gasteiger partial charge in [-0.3, -0.25) is 4.79 Å². The molecule has 0 spiro atoms. The van der Waals surface area contributed by atoms with Crippen LogP contribution >= 0.6 is 11.6 Å². The maximum Gasteiger partial charge on any atom is 0.180 e. The Morgan fingerprint density at radius 3 is 2.93 bits per heavy atom. The molecule has 0 saturated carbocycles. The number of ketones is 1. The third-order valence-corrected chi connectivity index (χ3v) is 2.02. The van der Waals surface area contributed by atoms with Gasteiger partial charge < -0.3 is 5.73 Å². The topological polar surface area (TPSA) is 43.1 Å². The van der Waals surface area contributed by atoms with Crippen molar-refractivity contribution in [1.29, 1.82) is 0 Å². The number of hydrogen-bond donors (Lipinski definition) is 1. The van der Waals surface area contributed by atoms with Crippen LogP contribution in [0.25, 0.3) is 0 Å². The largest absolute Gasteiger partial charge is 0.320 e. The average Bonchev–Trinajstić information content (AvgIpc) is 2.17. The highest BCUT2D eigenvalue weighted by atomic mass is 35.5. The smallest absolute Gasteiger partial charge is 0.180 e. The van der Waals surface area contributed by atoms with Gasteiger partial charge in [-0.2, -0.15) is 0 Å². The van der Waals surface area contributed by atoms with E-state index in [4.69, 9.17) is 23.8 Å². The Morgan fingerprint density at radius 2 is 2.36 bits per heavy atom. The van der Waals surface area contributed by atoms with E-state index in [9.17, 15) is 4.79 Å². The lowest BCUT2D eigenvalue weighted by atomic mass is 10.0. The Balaban J connectivity index is 2.85. The molecule has 0 aromatic heterocycles. The van der Waals surface area contributed by atoms with Gasteiger partial charge in [0.1, 0.15) is 0 Å². The maximum atomic E-state index is 11.6. The Hall–Kier alpha value is -1.30. The average molecular weight is 208 g/mol. The normalized spacial score (nSPS) is 11.8. The molecule has 14 heavy (non-hydrogen) atoms. The fourth-order valence-electron chi connectivity index (χ4n) is 1.08. The van der Waals surface area contributed by atoms with Crippen LogP contribution in [0.1, 0.15) is 16.8 Å². The summed E-state index contributed by atoms with van der Waals surface area (Å²) in [6.45, 7) is 0. The van der Waals surface area contributed by atoms with E-state index >= 15 is 0 Å². The molecular formula is C11H10ClNO. The molecule has 1 atom stereocenters. The fourth-order valence-corrected chi connectivity index (χ4v) is 1.27. The van der Waals surface area contributed by atoms with E-state index in [1.807, 2.05) is 0 Å². The van der Waals surface area contributed by atoms with E-state index in [0.717, 1.165) is 0 Å². The number of nitrogens with two attached hydrogens (primary N) is 1. The molecule has 1 aromatic rings. The van der Waals surface area contributed by atoms with E-state index in [1.165, 1.54) is 0 Å². The van der Waals surface area contributed by atoms with Crippen LogP contribution in [0, 0.1) is 12.3 Å². The third-order valence-electron chi connectivity index (χ3n) is 1.78. The predicted molar refractivity (Wildman–Crippen MR) is 57.2 cm³/mol. The van der Waals surface area contributed by atoms with Crippen molar-refractivity contribution in [2.45, 2.75) is 12.5 Å². The van der Waals surface area contributed by atoms with Gasteiger partial charge in [0.15, 0.2) is 5.78 Å². The first-order chi connectivity index (χ1) is 6.65. The summed E-state index contributed by atoms with van der Waals surface area (Å²) in [4.78, 5) is 11.6. The molecule has 1 unspecified atom stereocenters. The van der Waals surface area contributed by atoms with Crippen LogP contribution in [0.5, 0.6) is 0 Å². The van der Waals surface area contributed by atoms with Gasteiger partial charge in [0, 0.05) is 17.0 Å². The van der Waals surface area contributed by atoms with Crippen LogP contribution < -0.4 is 5.73 Å². The van der Waals surface area contributed by atoms with Gasteiger partial charge in [-0.15, -0.1) is 12.3 Å². The summed E-state index contributed by atoms with van der Waals surface area (Å²) in [7, 11) is 0. The first-order valence-corrected chi connectivity index (χ1v) is 4.51. The van der Waals surface area contributed by atoms with Crippen molar-refractivity contribution >= 4 is 17.4 Å². The predicted octanol–water partition coefficient (Wildman–Crippen LogP) is 1.87. The second kappa shape index (κ2) is 4.80. The lowest BCUT2D eigenvalue weighted by molar-refractivity contribution is 0.0963. The standard InChI is InChI=1S/C11H10ClNO/c1-2-4-10(13)11(14)8-5-3-6-9(12)7-8/h1,3,5-7,10H,4,13H2. The fraction of sp³-hybridized carbons (Fsp3) is 0.182. The van der Waals surface area contributed by atoms with Gasteiger partial charge in [-0.05, 0) is 12.1 Å². The van der Waals surface area contributed by atoms with E-state index in [0.29, 0.717) is 10.6 Å². The zero-order chi connectivity index (χ0) is 10.6. The number of hydrogen-bond acceptors (Lipinski definition) is 2. The monoisotopic (exact) mass is 207 g/mol. The molecule has 0 fully saturated rings. The quantitative estimate of drug-likeness (QED) is 0.608. The Kier molecular flexibility index (Phi) is 3.70. The molecule has 2 nitrogen and oxygen atoms in total. The number of carbonyl (C=O) groups excluding carboxylic acids is 1. The van der Waals surface area contributed by atoms with Gasteiger partial charge in [0.2, 0.25) is 0 Å². The lowest BCUT2D eigenvalue weighted by Gasteiger charge is -2.06. The zero-order valence-corrected chi connectivity index (χ0v) is 8.29. The first-order valence-electron chi connectivity index (χ1n) is 4.14. The minimum atomic E-state index is -0.640. The van der Waals surface area contributed by atoms with Crippen LogP contribution in [0.15, 0.2) is 24.3 Å². The van der Waals surface area contributed by atoms with Gasteiger partial charge in [-0.25, -0.2) is 0 Å². The zero-order valence-electron chi connectivity index (χ0n) is 7.53. The Morgan fingerprint density at radius 1 is 1.64 bits per heavy atom. The summed E-state index contributed by atoms with van der Waals surface area (Å²) in [5, 5.41) is 0.517. The highest BCUT2D eigenvalue weighted by Gasteiger charge is 2.14. The molecule has 0 radical (unpaired) electrons. The van der Waals surface area contributed by atoms with Crippen LogP contribution in [0.3, 0.4) is 0 Å². The Bertz CT molecular complexity index is 381. The highest BCUT2D eigenvalue weighted by Crippen LogP contribution is 2.12. The number of rotatable bonds is 3. The first kappa shape index (κ1) is 10.8. The lowest BCUT2D eigenvalue weighted by Crippen LogP contribution is -2.29. The molecule has 2 N–H and O–H groups in total. The summed E-state index contributed by atoms with van der Waals surface area (Å²) >= 11 is 5.74. The van der Waals surface area contributed by atoms with Crippen molar-refractivity contribution < 1.29 is 4.79 Å². The molecule has 72 valence electrons. The Labute approximate surface area is 88.1 Å². The number of Topliss-reactive ketones (excluding diaryl/α,β-unsaturated/α-hetero) is 1. The van der Waals surface area contributed by atoms with Crippen LogP contribution in [-0.2, 0) is 0 Å². The number of halogens is 1. The van der Waals surface area contributed by atoms with Crippen molar-refractivity contribution in [1.82, 2.24) is 0 Å². The minimum absolute atomic E-state index is 0.176. The molecule has 0 amide bonds. The van der Waals surface area contributed by atoms with Crippen molar-refractivity contribution in [3.05, 3.63) is 34.9 Å². The van der Waals surface area contributed by atoms with Crippen molar-refractivity contribution in [2.24, 2.45) is 5.73 Å². The van der Waals surface area contributed by atoms with Crippen LogP contribution in [0.4, 0.5) is 0 Å². The highest BCUT2D eigenvalue weighted by molar-refractivity contribution is 6.31. The summed E-state index contributed by atoms with van der Waals surface area (Å²) < 4.78 is 0. The molecule has 3 heteroatoms. The summed E-state index contributed by atoms with van der Waals surface area (Å²) in [6, 6.07) is 6.02. The van der Waals surface area contributed by atoms with Crippen LogP contribution in [0.2, 0.25) is 5.02 Å². The van der Waals surface area contributed by atoms with Gasteiger partial charge in [0.05, 0.1) is 6.04 Å². The second-order valence-electron chi connectivity index (χ2n) is 2.89. The summed E-state index contributed by atoms with van der Waals surface area (Å²) in [5.41, 5.74) is 6.07. The van der Waals surface area contributed by atoms with Gasteiger partial charge in [0.25, 0.3) is 0 Å². The van der Waals surface area contributed by atoms with E-state index in [2.05, 4.69) is 5.92 Å². The third kappa shape index (κ3) is 2.59. The van der Waals surface area contributed by atoms with Gasteiger partial charge in [-0.1, -0.05) is 23.7 Å². The maximum absolute atomic E-state index is 11.6. The van der Waals surface area contributed by atoms with Crippen molar-refractivity contribution in [2.75, 3.05) is 0 Å². The minimum Gasteiger partial charge on any atom is -0.320 e. The molecule has 0 saturated heterocycles. The molecule has 1 rings (SSSR count). The van der Waals surface area contributed by atoms with Crippen molar-refractivity contribution in [3.63, 3.8) is 0 Å². The van der Waals surface area contributed by atoms with E-state index in [-0.39, 0.29) is 12.2 Å².